The number of hydrogen-bond donors (Lipinski definition) is 1. The van der Waals surface area contributed by atoms with Gasteiger partial charge in [0.1, 0.15) is 0 Å². The zero-order chi connectivity index (χ0) is 20.7. The number of rotatable bonds is 8. The van der Waals surface area contributed by atoms with E-state index in [1.165, 1.54) is 37.0 Å². The van der Waals surface area contributed by atoms with Crippen LogP contribution in [-0.2, 0) is 9.16 Å². The SMILES string of the molecule is CCOC(=O)N[C@@H](C1CCCCC1)[C@H](C)/C(=C/O[Si](C)(C)C(C)(C)C)SC. The van der Waals surface area contributed by atoms with Crippen molar-refractivity contribution in [1.82, 2.24) is 5.32 Å². The van der Waals surface area contributed by atoms with Crippen molar-refractivity contribution in [3.8, 4) is 0 Å². The van der Waals surface area contributed by atoms with E-state index in [4.69, 9.17) is 9.16 Å². The van der Waals surface area contributed by atoms with Crippen LogP contribution in [0.4, 0.5) is 4.79 Å². The maximum Gasteiger partial charge on any atom is 0.407 e. The minimum atomic E-state index is -1.85. The highest BCUT2D eigenvalue weighted by Crippen LogP contribution is 2.39. The highest BCUT2D eigenvalue weighted by molar-refractivity contribution is 8.02. The zero-order valence-corrected chi connectivity index (χ0v) is 20.5. The van der Waals surface area contributed by atoms with Crippen molar-refractivity contribution >= 4 is 26.2 Å². The molecule has 0 radical (unpaired) electrons. The molecule has 1 aliphatic rings. The van der Waals surface area contributed by atoms with Gasteiger partial charge in [0, 0.05) is 16.9 Å². The lowest BCUT2D eigenvalue weighted by molar-refractivity contribution is 0.134. The third-order valence-corrected chi connectivity index (χ3v) is 11.5. The Hall–Kier alpha value is -0.623. The number of nitrogens with one attached hydrogen (secondary N) is 1. The standard InChI is InChI=1S/C21H41NO3SSi/c1-9-24-20(23)22-19(17-13-11-10-12-14-17)16(2)18(26-6)15-25-27(7,8)21(3,4)5/h15-17,19H,9-14H2,1-8H3,(H,22,23)/b18-15-/t16-,19-/m1/s1. The van der Waals surface area contributed by atoms with Crippen LogP contribution >= 0.6 is 11.8 Å². The van der Waals surface area contributed by atoms with Gasteiger partial charge < -0.3 is 14.5 Å². The molecule has 2 atom stereocenters. The summed E-state index contributed by atoms with van der Waals surface area (Å²) in [5.41, 5.74) is 0. The Balaban J connectivity index is 2.99. The summed E-state index contributed by atoms with van der Waals surface area (Å²) < 4.78 is 11.6. The second-order valence-electron chi connectivity index (χ2n) is 9.18. The molecule has 0 aromatic rings. The maximum atomic E-state index is 12.2. The van der Waals surface area contributed by atoms with E-state index in [-0.39, 0.29) is 23.1 Å². The molecular weight excluding hydrogens is 374 g/mol. The van der Waals surface area contributed by atoms with Gasteiger partial charge in [0.05, 0.1) is 12.9 Å². The van der Waals surface area contributed by atoms with Crippen molar-refractivity contribution in [3.63, 3.8) is 0 Å². The second-order valence-corrected chi connectivity index (χ2v) is 14.8. The summed E-state index contributed by atoms with van der Waals surface area (Å²) in [4.78, 5) is 13.4. The predicted octanol–water partition coefficient (Wildman–Crippen LogP) is 6.54. The largest absolute Gasteiger partial charge is 0.548 e. The summed E-state index contributed by atoms with van der Waals surface area (Å²) in [5.74, 6) is 0.707. The molecular formula is C21H41NO3SSi. The van der Waals surface area contributed by atoms with Crippen molar-refractivity contribution in [1.29, 1.82) is 0 Å². The van der Waals surface area contributed by atoms with Gasteiger partial charge in [0.15, 0.2) is 0 Å². The summed E-state index contributed by atoms with van der Waals surface area (Å²) >= 11 is 1.73. The van der Waals surface area contributed by atoms with E-state index in [1.807, 2.05) is 13.2 Å². The Morgan fingerprint density at radius 3 is 2.33 bits per heavy atom. The molecule has 0 heterocycles. The van der Waals surface area contributed by atoms with Gasteiger partial charge >= 0.3 is 6.09 Å². The fraction of sp³-hybridized carbons (Fsp3) is 0.857. The number of amides is 1. The van der Waals surface area contributed by atoms with Crippen LogP contribution in [0.3, 0.4) is 0 Å². The number of alkyl carbamates (subject to hydrolysis) is 1. The highest BCUT2D eigenvalue weighted by Gasteiger charge is 2.39. The van der Waals surface area contributed by atoms with E-state index in [1.54, 1.807) is 11.8 Å². The molecule has 158 valence electrons. The fourth-order valence-corrected chi connectivity index (χ4v) is 4.88. The molecule has 1 saturated carbocycles. The predicted molar refractivity (Wildman–Crippen MR) is 120 cm³/mol. The molecule has 27 heavy (non-hydrogen) atoms. The molecule has 0 aliphatic heterocycles. The van der Waals surface area contributed by atoms with E-state index in [0.717, 1.165) is 0 Å². The number of carbonyl (C=O) groups is 1. The monoisotopic (exact) mass is 415 g/mol. The molecule has 0 unspecified atom stereocenters. The second kappa shape index (κ2) is 10.8. The Morgan fingerprint density at radius 1 is 1.26 bits per heavy atom. The Morgan fingerprint density at radius 2 is 1.85 bits per heavy atom. The van der Waals surface area contributed by atoms with E-state index in [9.17, 15) is 4.79 Å². The molecule has 0 aromatic carbocycles. The molecule has 6 heteroatoms. The summed E-state index contributed by atoms with van der Waals surface area (Å²) in [7, 11) is -1.85. The first-order valence-electron chi connectivity index (χ1n) is 10.4. The lowest BCUT2D eigenvalue weighted by atomic mass is 9.79. The first-order valence-corrected chi connectivity index (χ1v) is 14.5. The van der Waals surface area contributed by atoms with Crippen LogP contribution in [0, 0.1) is 11.8 Å². The lowest BCUT2D eigenvalue weighted by Gasteiger charge is -2.37. The third-order valence-electron chi connectivity index (χ3n) is 6.22. The van der Waals surface area contributed by atoms with Gasteiger partial charge in [-0.2, -0.15) is 0 Å². The Labute approximate surface area is 172 Å². The van der Waals surface area contributed by atoms with Gasteiger partial charge in [0.25, 0.3) is 0 Å². The summed E-state index contributed by atoms with van der Waals surface area (Å²) in [6, 6.07) is 0.0889. The normalized spacial score (nSPS) is 19.3. The molecule has 1 amide bonds. The van der Waals surface area contributed by atoms with E-state index in [0.29, 0.717) is 12.5 Å². The number of carbonyl (C=O) groups excluding carboxylic acids is 1. The minimum Gasteiger partial charge on any atom is -0.548 e. The molecule has 0 saturated heterocycles. The fourth-order valence-electron chi connectivity index (χ4n) is 3.35. The third kappa shape index (κ3) is 7.37. The Bertz CT molecular complexity index is 496. The van der Waals surface area contributed by atoms with Gasteiger partial charge in [-0.05, 0) is 50.1 Å². The number of ether oxygens (including phenoxy) is 1. The minimum absolute atomic E-state index is 0.0889. The van der Waals surface area contributed by atoms with E-state index >= 15 is 0 Å². The van der Waals surface area contributed by atoms with Crippen LogP contribution in [0.25, 0.3) is 0 Å². The molecule has 1 fully saturated rings. The number of hydrogen-bond acceptors (Lipinski definition) is 4. The molecule has 1 rings (SSSR count). The average Bonchev–Trinajstić information content (AvgIpc) is 2.60. The topological polar surface area (TPSA) is 47.6 Å². The van der Waals surface area contributed by atoms with Gasteiger partial charge in [-0.25, -0.2) is 4.79 Å². The molecule has 1 N–H and O–H groups in total. The first-order chi connectivity index (χ1) is 12.5. The van der Waals surface area contributed by atoms with E-state index in [2.05, 4.69) is 52.4 Å². The van der Waals surface area contributed by atoms with Crippen LogP contribution in [0.5, 0.6) is 0 Å². The average molecular weight is 416 g/mol. The molecule has 0 bridgehead atoms. The maximum absolute atomic E-state index is 12.2. The van der Waals surface area contributed by atoms with Crippen molar-refractivity contribution in [2.75, 3.05) is 12.9 Å². The van der Waals surface area contributed by atoms with Crippen molar-refractivity contribution in [3.05, 3.63) is 11.2 Å². The first kappa shape index (κ1) is 24.4. The van der Waals surface area contributed by atoms with Crippen LogP contribution in [0.15, 0.2) is 11.2 Å². The van der Waals surface area contributed by atoms with Crippen LogP contribution in [0.2, 0.25) is 18.1 Å². The molecule has 0 aromatic heterocycles. The van der Waals surface area contributed by atoms with Gasteiger partial charge in [-0.1, -0.05) is 47.0 Å². The summed E-state index contributed by atoms with van der Waals surface area (Å²) in [6.45, 7) is 15.7. The molecule has 0 spiro atoms. The van der Waals surface area contributed by atoms with Crippen LogP contribution in [0.1, 0.15) is 66.7 Å². The highest BCUT2D eigenvalue weighted by atomic mass is 32.2. The summed E-state index contributed by atoms with van der Waals surface area (Å²) in [6.07, 6.45) is 9.92. The van der Waals surface area contributed by atoms with Crippen LogP contribution < -0.4 is 5.32 Å². The van der Waals surface area contributed by atoms with Gasteiger partial charge in [0.2, 0.25) is 8.32 Å². The van der Waals surface area contributed by atoms with Gasteiger partial charge in [-0.3, -0.25) is 0 Å². The van der Waals surface area contributed by atoms with Crippen molar-refractivity contribution in [2.45, 2.75) is 90.9 Å². The molecule has 1 aliphatic carbocycles. The van der Waals surface area contributed by atoms with Crippen LogP contribution in [-0.4, -0.2) is 33.3 Å². The van der Waals surface area contributed by atoms with Crippen molar-refractivity contribution < 1.29 is 14.0 Å². The number of thioether (sulfide) groups is 1. The summed E-state index contributed by atoms with van der Waals surface area (Å²) in [5, 5.41) is 3.34. The zero-order valence-electron chi connectivity index (χ0n) is 18.7. The van der Waals surface area contributed by atoms with Crippen molar-refractivity contribution in [2.24, 2.45) is 11.8 Å². The smallest absolute Gasteiger partial charge is 0.407 e. The quantitative estimate of drug-likeness (QED) is 0.361. The Kier molecular flexibility index (Phi) is 9.76. The van der Waals surface area contributed by atoms with E-state index < -0.39 is 8.32 Å². The lowest BCUT2D eigenvalue weighted by Crippen LogP contribution is -2.46. The van der Waals surface area contributed by atoms with Gasteiger partial charge in [-0.15, -0.1) is 11.8 Å². The molecule has 4 nitrogen and oxygen atoms in total.